The van der Waals surface area contributed by atoms with Crippen molar-refractivity contribution in [1.29, 1.82) is 0 Å². The van der Waals surface area contributed by atoms with Crippen molar-refractivity contribution in [2.24, 2.45) is 0 Å². The molecule has 0 radical (unpaired) electrons. The van der Waals surface area contributed by atoms with E-state index in [1.54, 1.807) is 24.3 Å². The third kappa shape index (κ3) is 6.43. The smallest absolute Gasteiger partial charge is 0.494 e. The molecular formula is C22H27NO7. The first-order valence-corrected chi connectivity index (χ1v) is 9.89. The van der Waals surface area contributed by atoms with Gasteiger partial charge in [-0.1, -0.05) is 42.5 Å². The van der Waals surface area contributed by atoms with Crippen LogP contribution >= 0.6 is 0 Å². The number of aliphatic hydroxyl groups excluding tert-OH is 2. The normalized spacial score (nSPS) is 21.9. The Hall–Kier alpha value is -2.65. The lowest BCUT2D eigenvalue weighted by Gasteiger charge is -2.37. The number of piperidine rings is 1. The summed E-state index contributed by atoms with van der Waals surface area (Å²) in [6, 6.07) is 17.2. The van der Waals surface area contributed by atoms with Crippen LogP contribution in [-0.4, -0.2) is 65.0 Å². The van der Waals surface area contributed by atoms with Crippen LogP contribution in [-0.2, 0) is 16.2 Å². The lowest BCUT2D eigenvalue weighted by Crippen LogP contribution is -2.51. The van der Waals surface area contributed by atoms with Crippen LogP contribution in [0.5, 0.6) is 5.75 Å². The minimum atomic E-state index is -1.47. The van der Waals surface area contributed by atoms with E-state index >= 15 is 0 Å². The molecule has 1 heterocycles. The highest BCUT2D eigenvalue weighted by Crippen LogP contribution is 2.30. The van der Waals surface area contributed by atoms with Crippen LogP contribution in [0.15, 0.2) is 54.6 Å². The van der Waals surface area contributed by atoms with Gasteiger partial charge in [-0.05, 0) is 23.3 Å². The summed E-state index contributed by atoms with van der Waals surface area (Å²) < 4.78 is 11.3. The Labute approximate surface area is 175 Å². The largest absolute Gasteiger partial charge is 0.525 e. The van der Waals surface area contributed by atoms with Gasteiger partial charge in [0.2, 0.25) is 0 Å². The third-order valence-electron chi connectivity index (χ3n) is 4.90. The Morgan fingerprint density at radius 2 is 1.63 bits per heavy atom. The van der Waals surface area contributed by atoms with Crippen molar-refractivity contribution in [3.05, 3.63) is 65.7 Å². The Kier molecular flexibility index (Phi) is 8.04. The van der Waals surface area contributed by atoms with E-state index in [0.717, 1.165) is 22.6 Å². The molecule has 3 atom stereocenters. The van der Waals surface area contributed by atoms with Crippen LogP contribution in [0, 0.1) is 0 Å². The summed E-state index contributed by atoms with van der Waals surface area (Å²) in [6.45, 7) is 1.69. The van der Waals surface area contributed by atoms with E-state index in [1.165, 1.54) is 0 Å². The van der Waals surface area contributed by atoms with Crippen LogP contribution < -0.4 is 4.74 Å². The summed E-state index contributed by atoms with van der Waals surface area (Å²) in [4.78, 5) is 15.2. The van der Waals surface area contributed by atoms with Gasteiger partial charge in [-0.15, -0.1) is 5.06 Å². The number of carboxylic acid groups (broad SMARTS) is 1. The molecule has 0 spiro atoms. The van der Waals surface area contributed by atoms with Crippen LogP contribution in [0.25, 0.3) is 0 Å². The molecule has 2 aromatic carbocycles. The van der Waals surface area contributed by atoms with Crippen LogP contribution in [0.2, 0.25) is 0 Å². The molecule has 0 aromatic heterocycles. The quantitative estimate of drug-likeness (QED) is 0.534. The first-order valence-electron chi connectivity index (χ1n) is 9.89. The first-order chi connectivity index (χ1) is 14.5. The highest BCUT2D eigenvalue weighted by Gasteiger charge is 2.37. The summed E-state index contributed by atoms with van der Waals surface area (Å²) in [5, 5.41) is 30.4. The predicted molar refractivity (Wildman–Crippen MR) is 108 cm³/mol. The minimum absolute atomic E-state index is 0.00470. The number of carbonyl (C=O) groups is 1. The molecule has 30 heavy (non-hydrogen) atoms. The average molecular weight is 417 g/mol. The van der Waals surface area contributed by atoms with Crippen molar-refractivity contribution >= 4 is 6.16 Å². The van der Waals surface area contributed by atoms with Gasteiger partial charge in [-0.3, -0.25) is 0 Å². The van der Waals surface area contributed by atoms with Gasteiger partial charge in [0.05, 0.1) is 45.1 Å². The second-order valence-electron chi connectivity index (χ2n) is 7.17. The Bertz CT molecular complexity index is 772. The van der Waals surface area contributed by atoms with Crippen molar-refractivity contribution < 1.29 is 34.4 Å². The Morgan fingerprint density at radius 1 is 0.967 bits per heavy atom. The topological polar surface area (TPSA) is 109 Å². The van der Waals surface area contributed by atoms with Crippen molar-refractivity contribution in [1.82, 2.24) is 5.06 Å². The van der Waals surface area contributed by atoms with Gasteiger partial charge in [-0.25, -0.2) is 4.79 Å². The maximum Gasteiger partial charge on any atom is 0.525 e. The number of benzene rings is 2. The second kappa shape index (κ2) is 10.9. The van der Waals surface area contributed by atoms with Crippen LogP contribution in [0.1, 0.15) is 23.5 Å². The molecule has 1 aliphatic rings. The van der Waals surface area contributed by atoms with E-state index < -0.39 is 24.3 Å². The molecule has 8 heteroatoms. The molecule has 3 N–H and O–H groups in total. The van der Waals surface area contributed by atoms with E-state index in [1.807, 2.05) is 30.3 Å². The molecule has 0 bridgehead atoms. The zero-order valence-corrected chi connectivity index (χ0v) is 16.6. The fraction of sp³-hybridized carbons (Fsp3) is 0.409. The van der Waals surface area contributed by atoms with Gasteiger partial charge in [0.25, 0.3) is 0 Å². The van der Waals surface area contributed by atoms with Gasteiger partial charge in [0.1, 0.15) is 5.75 Å². The summed E-state index contributed by atoms with van der Waals surface area (Å²) in [5.41, 5.74) is 1.89. The second-order valence-corrected chi connectivity index (χ2v) is 7.17. The molecule has 0 aliphatic carbocycles. The first kappa shape index (κ1) is 22.0. The van der Waals surface area contributed by atoms with Gasteiger partial charge < -0.3 is 29.6 Å². The molecule has 1 unspecified atom stereocenters. The molecule has 3 rings (SSSR count). The molecule has 0 amide bonds. The molecule has 1 fully saturated rings. The molecule has 1 saturated heterocycles. The van der Waals surface area contributed by atoms with E-state index in [2.05, 4.69) is 4.84 Å². The van der Waals surface area contributed by atoms with E-state index in [-0.39, 0.29) is 13.1 Å². The van der Waals surface area contributed by atoms with Gasteiger partial charge in [0.15, 0.2) is 0 Å². The number of hydrogen-bond donors (Lipinski definition) is 3. The number of hydrogen-bond acceptors (Lipinski definition) is 7. The SMILES string of the molecule is O=C(O)ON1C[C@@H](O)C(c2ccc(OCCCOCc3ccccc3)cc2)[C@@H](O)C1. The fourth-order valence-electron chi connectivity index (χ4n) is 3.51. The third-order valence-corrected chi connectivity index (χ3v) is 4.90. The highest BCUT2D eigenvalue weighted by molar-refractivity contribution is 5.56. The Morgan fingerprint density at radius 3 is 2.27 bits per heavy atom. The molecule has 0 saturated carbocycles. The number of ether oxygens (including phenoxy) is 2. The molecule has 162 valence electrons. The lowest BCUT2D eigenvalue weighted by atomic mass is 9.85. The van der Waals surface area contributed by atoms with Gasteiger partial charge >= 0.3 is 6.16 Å². The highest BCUT2D eigenvalue weighted by atomic mass is 16.8. The van der Waals surface area contributed by atoms with Crippen molar-refractivity contribution in [3.8, 4) is 5.75 Å². The van der Waals surface area contributed by atoms with E-state index in [0.29, 0.717) is 25.6 Å². The summed E-state index contributed by atoms with van der Waals surface area (Å²) in [6.07, 6.45) is -2.63. The molecule has 2 aromatic rings. The fourth-order valence-corrected chi connectivity index (χ4v) is 3.51. The monoisotopic (exact) mass is 417 g/mol. The summed E-state index contributed by atoms with van der Waals surface area (Å²) in [5.74, 6) is 0.163. The van der Waals surface area contributed by atoms with Crippen molar-refractivity contribution in [2.45, 2.75) is 31.2 Å². The van der Waals surface area contributed by atoms with Gasteiger partial charge in [-0.2, -0.15) is 0 Å². The summed E-state index contributed by atoms with van der Waals surface area (Å²) in [7, 11) is 0. The number of aliphatic hydroxyl groups is 2. The Balaban J connectivity index is 1.40. The number of β-amino-alcohol motifs (C(OH)–C–C–N with tert-alkyl or cyclic N) is 2. The van der Waals surface area contributed by atoms with Gasteiger partial charge in [0, 0.05) is 12.3 Å². The predicted octanol–water partition coefficient (Wildman–Crippen LogP) is 2.40. The number of nitrogens with zero attached hydrogens (tertiary/aromatic N) is 1. The minimum Gasteiger partial charge on any atom is -0.494 e. The van der Waals surface area contributed by atoms with Crippen LogP contribution in [0.3, 0.4) is 0 Å². The number of rotatable bonds is 9. The molecule has 8 nitrogen and oxygen atoms in total. The standard InChI is InChI=1S/C22H27NO7/c24-19-13-23(30-22(26)27)14-20(25)21(19)17-7-9-18(10-8-17)29-12-4-11-28-15-16-5-2-1-3-6-16/h1-3,5-10,19-21,24-25H,4,11-15H2,(H,26,27)/t19-,20+,21?. The summed E-state index contributed by atoms with van der Waals surface area (Å²) >= 11 is 0. The average Bonchev–Trinajstić information content (AvgIpc) is 2.71. The maximum absolute atomic E-state index is 10.6. The zero-order valence-electron chi connectivity index (χ0n) is 16.6. The molecule has 1 aliphatic heterocycles. The van der Waals surface area contributed by atoms with E-state index in [4.69, 9.17) is 14.6 Å². The lowest BCUT2D eigenvalue weighted by molar-refractivity contribution is -0.180. The molecular weight excluding hydrogens is 390 g/mol. The maximum atomic E-state index is 10.6. The zero-order chi connectivity index (χ0) is 21.3. The number of hydroxylamine groups is 2. The van der Waals surface area contributed by atoms with Crippen molar-refractivity contribution in [2.75, 3.05) is 26.3 Å². The van der Waals surface area contributed by atoms with Crippen molar-refractivity contribution in [3.63, 3.8) is 0 Å². The van der Waals surface area contributed by atoms with E-state index in [9.17, 15) is 15.0 Å². The van der Waals surface area contributed by atoms with Crippen LogP contribution in [0.4, 0.5) is 4.79 Å².